The zero-order valence-electron chi connectivity index (χ0n) is 38.8. The van der Waals surface area contributed by atoms with E-state index >= 15 is 0 Å². The largest absolute Gasteiger partial charge is 0.472 e. The summed E-state index contributed by atoms with van der Waals surface area (Å²) < 4.78 is 63.4. The van der Waals surface area contributed by atoms with Gasteiger partial charge in [-0.3, -0.25) is 33.0 Å². The quantitative estimate of drug-likeness (QED) is 0.0102. The third-order valence-corrected chi connectivity index (χ3v) is 11.0. The smallest absolute Gasteiger partial charge is 0.457 e. The topological polar surface area (TPSA) is 335 Å². The zero-order valence-corrected chi connectivity index (χ0v) is 41.5. The van der Waals surface area contributed by atoms with Gasteiger partial charge in [0.2, 0.25) is 5.91 Å². The summed E-state index contributed by atoms with van der Waals surface area (Å²) in [6, 6.07) is 2.43. The van der Waals surface area contributed by atoms with Crippen molar-refractivity contribution in [3.8, 4) is 83.0 Å². The average molecular weight is 1060 g/mol. The number of aliphatic hydroxyl groups is 4. The van der Waals surface area contributed by atoms with E-state index in [1.165, 1.54) is 51.4 Å². The summed E-state index contributed by atoms with van der Waals surface area (Å²) in [5.41, 5.74) is 0. The Labute approximate surface area is 423 Å². The molecule has 1 amide bonds. The molecule has 1 aliphatic carbocycles. The number of amides is 1. The number of phosphoric ester groups is 3. The molecule has 0 aromatic heterocycles. The summed E-state index contributed by atoms with van der Waals surface area (Å²) in [7, 11) is -16.4. The van der Waals surface area contributed by atoms with Crippen molar-refractivity contribution < 1.29 is 114 Å². The van der Waals surface area contributed by atoms with Gasteiger partial charge in [0.25, 0.3) is 0 Å². The molecule has 0 bridgehead atoms. The molecule has 410 valence electrons. The van der Waals surface area contributed by atoms with Gasteiger partial charge < -0.3 is 54.4 Å². The van der Waals surface area contributed by atoms with Gasteiger partial charge in [-0.1, -0.05) is 96.8 Å². The molecule has 1 rings (SSSR count). The van der Waals surface area contributed by atoms with Gasteiger partial charge in [0.05, 0.1) is 13.2 Å². The van der Waals surface area contributed by atoms with Gasteiger partial charge in [-0.15, -0.1) is 0 Å². The molecule has 24 heteroatoms. The van der Waals surface area contributed by atoms with Crippen LogP contribution in [0.4, 0.5) is 0 Å². The van der Waals surface area contributed by atoms with Crippen LogP contribution in [0.15, 0.2) is 0 Å². The highest BCUT2D eigenvalue weighted by molar-refractivity contribution is 7.47. The van der Waals surface area contributed by atoms with Gasteiger partial charge >= 0.3 is 29.4 Å². The Hall–Kier alpha value is -4.01. The molecule has 8 atom stereocenters. The van der Waals surface area contributed by atoms with E-state index in [1.807, 2.05) is 6.92 Å². The highest BCUT2D eigenvalue weighted by Crippen LogP contribution is 2.51. The molecule has 0 heterocycles. The predicted molar refractivity (Wildman–Crippen MR) is 276 cm³/mol. The number of esters is 1. The zero-order chi connectivity index (χ0) is 52.0. The summed E-state index contributed by atoms with van der Waals surface area (Å²) in [6.45, 7) is 3.67. The third kappa shape index (κ3) is 35.7. The van der Waals surface area contributed by atoms with Crippen LogP contribution in [0.25, 0.3) is 0 Å². The lowest BCUT2D eigenvalue weighted by molar-refractivity contribution is -0.213. The first kappa shape index (κ1) is 65.0. The molecule has 0 spiro atoms. The maximum Gasteiger partial charge on any atom is 0.472 e. The molecule has 1 aliphatic rings. The normalized spacial score (nSPS) is 19.4. The lowest BCUT2D eigenvalue weighted by atomic mass is 9.85. The maximum absolute atomic E-state index is 12.7. The highest BCUT2D eigenvalue weighted by atomic mass is 31.2. The number of nitrogens with one attached hydrogen (secondary N) is 1. The van der Waals surface area contributed by atoms with Gasteiger partial charge in [0, 0.05) is 73.0 Å². The van der Waals surface area contributed by atoms with E-state index in [4.69, 9.17) is 43.2 Å². The van der Waals surface area contributed by atoms with Crippen molar-refractivity contribution >= 4 is 35.3 Å². The Morgan fingerprint density at radius 2 is 1.00 bits per heavy atom. The molecule has 69 heavy (non-hydrogen) atoms. The second-order valence-corrected chi connectivity index (χ2v) is 18.5. The van der Waals surface area contributed by atoms with E-state index < -0.39 is 92.2 Å². The van der Waals surface area contributed by atoms with Crippen molar-refractivity contribution in [3.05, 3.63) is 0 Å². The summed E-state index contributed by atoms with van der Waals surface area (Å²) in [4.78, 5) is 70.1. The fourth-order valence-electron chi connectivity index (χ4n) is 5.84. The molecule has 1 fully saturated rings. The van der Waals surface area contributed by atoms with E-state index in [0.717, 1.165) is 32.1 Å². The maximum atomic E-state index is 12.7. The van der Waals surface area contributed by atoms with Gasteiger partial charge in [0.15, 0.2) is 0 Å². The summed E-state index contributed by atoms with van der Waals surface area (Å²) in [6.07, 6.45) is -0.454. The first-order chi connectivity index (χ1) is 32.7. The summed E-state index contributed by atoms with van der Waals surface area (Å²) >= 11 is 0. The number of hydrogen-bond acceptors (Lipinski definition) is 15. The van der Waals surface area contributed by atoms with Crippen LogP contribution in [0.2, 0.25) is 0 Å². The Morgan fingerprint density at radius 1 is 0.565 bits per heavy atom. The average Bonchev–Trinajstić information content (AvgIpc) is 3.27. The van der Waals surface area contributed by atoms with Crippen LogP contribution in [-0.4, -0.2) is 120 Å². The molecule has 0 radical (unpaired) electrons. The fourth-order valence-corrected chi connectivity index (χ4v) is 7.94. The summed E-state index contributed by atoms with van der Waals surface area (Å²) in [5, 5.41) is 42.6. The Bertz CT molecular complexity index is 2200. The Kier molecular flexibility index (Phi) is 36.5. The van der Waals surface area contributed by atoms with Crippen LogP contribution in [0.1, 0.15) is 142 Å². The van der Waals surface area contributed by atoms with Gasteiger partial charge in [-0.25, -0.2) is 13.7 Å². The number of phosphoric acid groups is 3. The number of aliphatic hydroxyl groups excluding tert-OH is 4. The van der Waals surface area contributed by atoms with Gasteiger partial charge in [0.1, 0.15) is 49.5 Å². The molecule has 21 nitrogen and oxygen atoms in total. The van der Waals surface area contributed by atoms with Crippen LogP contribution in [0.3, 0.4) is 0 Å². The highest BCUT2D eigenvalue weighted by Gasteiger charge is 2.56. The molecular weight excluding hydrogens is 967 g/mol. The van der Waals surface area contributed by atoms with E-state index in [9.17, 15) is 43.5 Å². The molecule has 0 saturated heterocycles. The van der Waals surface area contributed by atoms with Crippen molar-refractivity contribution in [1.29, 1.82) is 0 Å². The lowest BCUT2D eigenvalue weighted by Crippen LogP contribution is -2.65. The lowest BCUT2D eigenvalue weighted by Gasteiger charge is -2.44. The molecular formula is C45H90NO20P3. The number of carbonyl (C=O) groups excluding carboxylic acids is 2. The SMILES string of the molecule is CC#CC#CC#CC#CC#CC#CC#CNC(=O)CCC.CCCCCCCCCCCCCCCC(=O)O[C@H](COCO)COP(=O)(O)OC1C(O)[C@H](OP(=O)(O)O)[C@H](OP(=O)(O)O)C(O)[C@@H]1O.[HH].[HH].[HH].[HH].[HH].[HH].[HH].[HH].[HH].[HH].[HH].[HH].[HH]. The second-order valence-electron chi connectivity index (χ2n) is 14.7. The Morgan fingerprint density at radius 3 is 1.45 bits per heavy atom. The van der Waals surface area contributed by atoms with E-state index in [1.54, 1.807) is 6.92 Å². The standard InChI is InChI=1S/C26H53O19P3.C19H11NO.13H2/c1-2-3-4-5-6-7-8-9-10-11-12-13-14-15-20(28)42-19(16-40-18-27)17-41-48(38,39)45-24-21(29)22(30)25(43-46(32,33)34)26(23(24)31)44-47(35,36)37;1-3-5-6-7-8-9-10-11-12-13-14-15-16-18-20-19(21)17-4-2;;;;;;;;;;;;;/h19,21-27,29-31H,2-18H2,1H3,(H,38,39)(H2,32,33,34)(H2,35,36,37);4,17H2,1-2H3,(H,20,21);13*1H/t19-,21+,22?,23?,24?,25-,26+;;;;;;;;;;;;;;/m1............../s1. The van der Waals surface area contributed by atoms with Crippen molar-refractivity contribution in [2.24, 2.45) is 0 Å². The number of carbonyl (C=O) groups is 2. The van der Waals surface area contributed by atoms with Crippen LogP contribution in [-0.2, 0) is 50.9 Å². The van der Waals surface area contributed by atoms with Crippen molar-refractivity contribution in [2.45, 2.75) is 166 Å². The predicted octanol–water partition coefficient (Wildman–Crippen LogP) is 6.00. The number of ether oxygens (including phenoxy) is 2. The first-order valence-electron chi connectivity index (χ1n) is 22.0. The fraction of sp³-hybridized carbons (Fsp3) is 0.644. The molecule has 0 aliphatic heterocycles. The van der Waals surface area contributed by atoms with Crippen LogP contribution >= 0.6 is 23.5 Å². The summed E-state index contributed by atoms with van der Waals surface area (Å²) in [5.74, 6) is 31.8. The minimum absolute atomic E-state index is 0. The minimum atomic E-state index is -5.56. The number of rotatable bonds is 29. The molecule has 1 saturated carbocycles. The van der Waals surface area contributed by atoms with Crippen molar-refractivity contribution in [1.82, 2.24) is 5.32 Å². The molecule has 4 unspecified atom stereocenters. The van der Waals surface area contributed by atoms with Crippen LogP contribution in [0, 0.1) is 83.0 Å². The van der Waals surface area contributed by atoms with E-state index in [2.05, 4.69) is 104 Å². The van der Waals surface area contributed by atoms with E-state index in [-0.39, 0.29) is 30.9 Å². The second kappa shape index (κ2) is 38.7. The number of hydrogen-bond donors (Lipinski definition) is 10. The number of unbranched alkanes of at least 4 members (excludes halogenated alkanes) is 12. The molecule has 10 N–H and O–H groups in total. The van der Waals surface area contributed by atoms with Crippen molar-refractivity contribution in [3.63, 3.8) is 0 Å². The minimum Gasteiger partial charge on any atom is -0.457 e. The Balaban J connectivity index is -0.0000000986. The van der Waals surface area contributed by atoms with Crippen LogP contribution in [0.5, 0.6) is 0 Å². The van der Waals surface area contributed by atoms with Crippen molar-refractivity contribution in [2.75, 3.05) is 20.0 Å². The van der Waals surface area contributed by atoms with E-state index in [0.29, 0.717) is 12.8 Å². The molecule has 0 aromatic rings. The third-order valence-electron chi connectivity index (χ3n) is 8.95. The van der Waals surface area contributed by atoms with Gasteiger partial charge in [-0.05, 0) is 55.3 Å². The molecule has 0 aromatic carbocycles. The monoisotopic (exact) mass is 1060 g/mol. The van der Waals surface area contributed by atoms with Crippen LogP contribution < -0.4 is 5.32 Å². The first-order valence-corrected chi connectivity index (χ1v) is 26.5. The van der Waals surface area contributed by atoms with Gasteiger partial charge in [-0.2, -0.15) is 0 Å².